The average Bonchev–Trinajstić information content (AvgIpc) is 2.58. The molecule has 2 aromatic carbocycles. The molecule has 0 bridgehead atoms. The second-order valence-corrected chi connectivity index (χ2v) is 6.30. The second kappa shape index (κ2) is 8.33. The minimum atomic E-state index is -0.876. The summed E-state index contributed by atoms with van der Waals surface area (Å²) in [6.07, 6.45) is 0. The number of benzene rings is 2. The van der Waals surface area contributed by atoms with E-state index in [9.17, 15) is 9.59 Å². The number of rotatable bonds is 7. The van der Waals surface area contributed by atoms with E-state index in [1.165, 1.54) is 0 Å². The van der Waals surface area contributed by atoms with Gasteiger partial charge in [0, 0.05) is 0 Å². The molecule has 25 heavy (non-hydrogen) atoms. The fourth-order valence-electron chi connectivity index (χ4n) is 2.55. The molecule has 1 unspecified atom stereocenters. The van der Waals surface area contributed by atoms with Crippen LogP contribution in [0.15, 0.2) is 48.5 Å². The zero-order valence-corrected chi connectivity index (χ0v) is 14.8. The molecule has 0 aliphatic carbocycles. The Morgan fingerprint density at radius 2 is 1.80 bits per heavy atom. The summed E-state index contributed by atoms with van der Waals surface area (Å²) in [5, 5.41) is 2.63. The van der Waals surface area contributed by atoms with Gasteiger partial charge in [0.25, 0.3) is 5.91 Å². The Labute approximate surface area is 148 Å². The van der Waals surface area contributed by atoms with Crippen LogP contribution in [0.25, 0.3) is 0 Å². The molecule has 0 heterocycles. The van der Waals surface area contributed by atoms with Crippen LogP contribution in [0.2, 0.25) is 0 Å². The van der Waals surface area contributed by atoms with Crippen molar-refractivity contribution in [1.29, 1.82) is 0 Å². The number of hydrogen-bond acceptors (Lipinski definition) is 3. The van der Waals surface area contributed by atoms with Gasteiger partial charge < -0.3 is 15.8 Å². The van der Waals surface area contributed by atoms with E-state index in [0.717, 1.165) is 11.1 Å². The summed E-state index contributed by atoms with van der Waals surface area (Å²) in [5.74, 6) is -0.0522. The van der Waals surface area contributed by atoms with Crippen molar-refractivity contribution in [3.05, 3.63) is 65.2 Å². The maximum absolute atomic E-state index is 12.2. The highest BCUT2D eigenvalue weighted by molar-refractivity contribution is 5.88. The molecule has 0 aliphatic rings. The van der Waals surface area contributed by atoms with E-state index >= 15 is 0 Å². The molecule has 0 fully saturated rings. The highest BCUT2D eigenvalue weighted by Crippen LogP contribution is 2.27. The van der Waals surface area contributed by atoms with E-state index in [0.29, 0.717) is 11.3 Å². The first-order chi connectivity index (χ1) is 11.9. The van der Waals surface area contributed by atoms with Gasteiger partial charge in [-0.2, -0.15) is 0 Å². The molecule has 1 atom stereocenters. The zero-order valence-electron chi connectivity index (χ0n) is 14.8. The second-order valence-electron chi connectivity index (χ2n) is 6.30. The van der Waals surface area contributed by atoms with Gasteiger partial charge in [0.1, 0.15) is 11.8 Å². The number of carbonyl (C=O) groups is 2. The van der Waals surface area contributed by atoms with E-state index < -0.39 is 17.9 Å². The molecule has 0 aliphatic heterocycles. The lowest BCUT2D eigenvalue weighted by Crippen LogP contribution is -2.39. The number of carbonyl (C=O) groups excluding carboxylic acids is 2. The fourth-order valence-corrected chi connectivity index (χ4v) is 2.55. The summed E-state index contributed by atoms with van der Waals surface area (Å²) >= 11 is 0. The normalized spacial score (nSPS) is 11.8. The standard InChI is InChI=1S/C20H24N2O3/c1-13(2)16-10-9-14(3)11-17(16)25-12-18(23)22-19(20(21)24)15-7-5-4-6-8-15/h4-11,13,19H,12H2,1-3H3,(H2,21,24)(H,22,23). The van der Waals surface area contributed by atoms with Gasteiger partial charge in [-0.25, -0.2) is 0 Å². The van der Waals surface area contributed by atoms with Crippen LogP contribution in [0.5, 0.6) is 5.75 Å². The molecular formula is C20H24N2O3. The summed E-state index contributed by atoms with van der Waals surface area (Å²) < 4.78 is 5.69. The van der Waals surface area contributed by atoms with Crippen molar-refractivity contribution in [2.24, 2.45) is 5.73 Å². The molecule has 0 saturated carbocycles. The third-order valence-corrected chi connectivity index (χ3v) is 3.87. The molecule has 132 valence electrons. The lowest BCUT2D eigenvalue weighted by molar-refractivity contribution is -0.128. The number of nitrogens with one attached hydrogen (secondary N) is 1. The van der Waals surface area contributed by atoms with Crippen molar-refractivity contribution in [2.45, 2.75) is 32.7 Å². The summed E-state index contributed by atoms with van der Waals surface area (Å²) in [6, 6.07) is 13.9. The monoisotopic (exact) mass is 340 g/mol. The molecule has 5 heteroatoms. The smallest absolute Gasteiger partial charge is 0.258 e. The molecular weight excluding hydrogens is 316 g/mol. The van der Waals surface area contributed by atoms with Crippen LogP contribution in [0, 0.1) is 6.92 Å². The highest BCUT2D eigenvalue weighted by atomic mass is 16.5. The minimum Gasteiger partial charge on any atom is -0.483 e. The Morgan fingerprint density at radius 1 is 1.12 bits per heavy atom. The van der Waals surface area contributed by atoms with Crippen molar-refractivity contribution >= 4 is 11.8 Å². The van der Waals surface area contributed by atoms with Crippen LogP contribution < -0.4 is 15.8 Å². The van der Waals surface area contributed by atoms with Crippen LogP contribution in [-0.4, -0.2) is 18.4 Å². The van der Waals surface area contributed by atoms with Crippen LogP contribution in [-0.2, 0) is 9.59 Å². The number of primary amides is 1. The predicted octanol–water partition coefficient (Wildman–Crippen LogP) is 2.84. The van der Waals surface area contributed by atoms with E-state index in [2.05, 4.69) is 19.2 Å². The number of nitrogens with two attached hydrogens (primary N) is 1. The molecule has 0 saturated heterocycles. The maximum atomic E-state index is 12.2. The van der Waals surface area contributed by atoms with Crippen LogP contribution in [0.1, 0.15) is 42.5 Å². The van der Waals surface area contributed by atoms with Gasteiger partial charge >= 0.3 is 0 Å². The Morgan fingerprint density at radius 3 is 2.40 bits per heavy atom. The summed E-state index contributed by atoms with van der Waals surface area (Å²) in [4.78, 5) is 23.9. The van der Waals surface area contributed by atoms with Gasteiger partial charge in [-0.1, -0.05) is 56.3 Å². The molecule has 0 aromatic heterocycles. The maximum Gasteiger partial charge on any atom is 0.258 e. The van der Waals surface area contributed by atoms with Crippen LogP contribution >= 0.6 is 0 Å². The van der Waals surface area contributed by atoms with E-state index in [4.69, 9.17) is 10.5 Å². The molecule has 0 radical (unpaired) electrons. The SMILES string of the molecule is Cc1ccc(C(C)C)c(OCC(=O)NC(C(N)=O)c2ccccc2)c1. The van der Waals surface area contributed by atoms with Gasteiger partial charge in [0.15, 0.2) is 6.61 Å². The third kappa shape index (κ3) is 5.08. The summed E-state index contributed by atoms with van der Waals surface area (Å²) in [6.45, 7) is 5.92. The number of ether oxygens (including phenoxy) is 1. The van der Waals surface area contributed by atoms with E-state index in [1.807, 2.05) is 31.2 Å². The molecule has 0 spiro atoms. The Bertz CT molecular complexity index is 742. The Kier molecular flexibility index (Phi) is 6.17. The fraction of sp³-hybridized carbons (Fsp3) is 0.300. The molecule has 5 nitrogen and oxygen atoms in total. The van der Waals surface area contributed by atoms with Gasteiger partial charge in [-0.05, 0) is 35.6 Å². The van der Waals surface area contributed by atoms with Crippen molar-refractivity contribution in [1.82, 2.24) is 5.32 Å². The van der Waals surface area contributed by atoms with Crippen molar-refractivity contribution < 1.29 is 14.3 Å². The van der Waals surface area contributed by atoms with Gasteiger partial charge in [0.2, 0.25) is 5.91 Å². The molecule has 3 N–H and O–H groups in total. The van der Waals surface area contributed by atoms with Crippen molar-refractivity contribution in [2.75, 3.05) is 6.61 Å². The van der Waals surface area contributed by atoms with Gasteiger partial charge in [-0.3, -0.25) is 9.59 Å². The topological polar surface area (TPSA) is 81.4 Å². The van der Waals surface area contributed by atoms with Gasteiger partial charge in [-0.15, -0.1) is 0 Å². The lowest BCUT2D eigenvalue weighted by Gasteiger charge is -2.18. The first kappa shape index (κ1) is 18.5. The predicted molar refractivity (Wildman–Crippen MR) is 97.3 cm³/mol. The number of amides is 2. The lowest BCUT2D eigenvalue weighted by atomic mass is 10.0. The van der Waals surface area contributed by atoms with Crippen LogP contribution in [0.4, 0.5) is 0 Å². The third-order valence-electron chi connectivity index (χ3n) is 3.87. The quantitative estimate of drug-likeness (QED) is 0.813. The van der Waals surface area contributed by atoms with Crippen LogP contribution in [0.3, 0.4) is 0 Å². The van der Waals surface area contributed by atoms with Crippen molar-refractivity contribution in [3.63, 3.8) is 0 Å². The first-order valence-electron chi connectivity index (χ1n) is 8.25. The minimum absolute atomic E-state index is 0.181. The zero-order chi connectivity index (χ0) is 18.4. The molecule has 2 rings (SSSR count). The highest BCUT2D eigenvalue weighted by Gasteiger charge is 2.20. The van der Waals surface area contributed by atoms with E-state index in [-0.39, 0.29) is 12.5 Å². The number of aryl methyl sites for hydroxylation is 1. The molecule has 2 amide bonds. The first-order valence-corrected chi connectivity index (χ1v) is 8.25. The Hall–Kier alpha value is -2.82. The average molecular weight is 340 g/mol. The summed E-state index contributed by atoms with van der Waals surface area (Å²) in [5.41, 5.74) is 8.14. The number of hydrogen-bond donors (Lipinski definition) is 2. The Balaban J connectivity index is 2.05. The van der Waals surface area contributed by atoms with Crippen molar-refractivity contribution in [3.8, 4) is 5.75 Å². The molecule has 2 aromatic rings. The largest absolute Gasteiger partial charge is 0.483 e. The summed E-state index contributed by atoms with van der Waals surface area (Å²) in [7, 11) is 0. The van der Waals surface area contributed by atoms with E-state index in [1.54, 1.807) is 24.3 Å². The van der Waals surface area contributed by atoms with Gasteiger partial charge in [0.05, 0.1) is 0 Å².